The molecule has 0 bridgehead atoms. The summed E-state index contributed by atoms with van der Waals surface area (Å²) in [4.78, 5) is 2.49. The summed E-state index contributed by atoms with van der Waals surface area (Å²) in [6.07, 6.45) is 3.79. The van der Waals surface area contributed by atoms with Crippen molar-refractivity contribution in [3.8, 4) is 11.8 Å². The Morgan fingerprint density at radius 1 is 1.18 bits per heavy atom. The van der Waals surface area contributed by atoms with Crippen LogP contribution in [0.2, 0.25) is 0 Å². The molecule has 11 heavy (non-hydrogen) atoms. The molecule has 0 radical (unpaired) electrons. The van der Waals surface area contributed by atoms with Crippen LogP contribution in [0.25, 0.3) is 0 Å². The van der Waals surface area contributed by atoms with E-state index in [4.69, 9.17) is 0 Å². The molecule has 1 nitrogen and oxygen atoms in total. The van der Waals surface area contributed by atoms with Gasteiger partial charge in [-0.05, 0) is 25.9 Å². The molecule has 0 N–H and O–H groups in total. The topological polar surface area (TPSA) is 3.24 Å². The van der Waals surface area contributed by atoms with Crippen molar-refractivity contribution in [3.05, 3.63) is 0 Å². The molecule has 0 aromatic rings. The first-order valence-corrected chi connectivity index (χ1v) is 5.29. The Morgan fingerprint density at radius 2 is 1.91 bits per heavy atom. The molecule has 2 heteroatoms. The van der Waals surface area contributed by atoms with Gasteiger partial charge in [-0.3, -0.25) is 0 Å². The van der Waals surface area contributed by atoms with Crippen molar-refractivity contribution in [2.24, 2.45) is 0 Å². The Balaban J connectivity index is 2.02. The van der Waals surface area contributed by atoms with Gasteiger partial charge in [0.2, 0.25) is 0 Å². The summed E-state index contributed by atoms with van der Waals surface area (Å²) in [5.74, 6) is 6.14. The maximum Gasteiger partial charge on any atom is 0.0645 e. The molecule has 0 saturated carbocycles. The van der Waals surface area contributed by atoms with E-state index >= 15 is 0 Å². The lowest BCUT2D eigenvalue weighted by Crippen LogP contribution is -2.19. The predicted octanol–water partition coefficient (Wildman–Crippen LogP) is 1.87. The number of alkyl halides is 1. The summed E-state index contributed by atoms with van der Waals surface area (Å²) < 4.78 is 0. The molecule has 0 unspecified atom stereocenters. The number of likely N-dealkylation sites (tertiary alicyclic amines) is 1. The monoisotopic (exact) mass is 215 g/mol. The second-order valence-corrected chi connectivity index (χ2v) is 3.35. The number of hydrogen-bond acceptors (Lipinski definition) is 1. The van der Waals surface area contributed by atoms with Crippen LogP contribution in [0, 0.1) is 11.8 Å². The first-order chi connectivity index (χ1) is 5.43. The van der Waals surface area contributed by atoms with Crippen LogP contribution in [0.5, 0.6) is 0 Å². The molecule has 62 valence electrons. The minimum atomic E-state index is 0.812. The van der Waals surface area contributed by atoms with Crippen LogP contribution in [0.15, 0.2) is 0 Å². The van der Waals surface area contributed by atoms with Crippen LogP contribution < -0.4 is 0 Å². The van der Waals surface area contributed by atoms with Gasteiger partial charge in [0.05, 0.1) is 5.33 Å². The van der Waals surface area contributed by atoms with Crippen LogP contribution >= 0.6 is 15.9 Å². The first-order valence-electron chi connectivity index (χ1n) is 4.17. The molecule has 0 amide bonds. The van der Waals surface area contributed by atoms with E-state index in [1.165, 1.54) is 32.5 Å². The Kier molecular flexibility index (Phi) is 4.65. The Labute approximate surface area is 77.3 Å². The zero-order chi connectivity index (χ0) is 7.94. The fourth-order valence-corrected chi connectivity index (χ4v) is 1.55. The van der Waals surface area contributed by atoms with Crippen molar-refractivity contribution < 1.29 is 0 Å². The second-order valence-electron chi connectivity index (χ2n) is 2.79. The SMILES string of the molecule is BrCC#CCCN1CCCC1. The van der Waals surface area contributed by atoms with Crippen molar-refractivity contribution >= 4 is 15.9 Å². The minimum Gasteiger partial charge on any atom is -0.302 e. The van der Waals surface area contributed by atoms with E-state index in [9.17, 15) is 0 Å². The van der Waals surface area contributed by atoms with Crippen LogP contribution in [-0.2, 0) is 0 Å². The summed E-state index contributed by atoms with van der Waals surface area (Å²) in [5.41, 5.74) is 0. The van der Waals surface area contributed by atoms with Crippen molar-refractivity contribution in [3.63, 3.8) is 0 Å². The second kappa shape index (κ2) is 5.62. The maximum atomic E-state index is 3.28. The molecule has 0 aliphatic carbocycles. The van der Waals surface area contributed by atoms with E-state index in [1.54, 1.807) is 0 Å². The van der Waals surface area contributed by atoms with Crippen LogP contribution in [0.4, 0.5) is 0 Å². The minimum absolute atomic E-state index is 0.812. The van der Waals surface area contributed by atoms with Gasteiger partial charge in [-0.1, -0.05) is 21.9 Å². The molecule has 1 heterocycles. The van der Waals surface area contributed by atoms with Crippen LogP contribution in [-0.4, -0.2) is 29.9 Å². The van der Waals surface area contributed by atoms with E-state index in [0.717, 1.165) is 11.8 Å². The molecule has 1 saturated heterocycles. The average molecular weight is 216 g/mol. The highest BCUT2D eigenvalue weighted by atomic mass is 79.9. The molecular weight excluding hydrogens is 202 g/mol. The third-order valence-corrected chi connectivity index (χ3v) is 2.22. The summed E-state index contributed by atoms with van der Waals surface area (Å²) in [7, 11) is 0. The van der Waals surface area contributed by atoms with Gasteiger partial charge in [-0.25, -0.2) is 0 Å². The highest BCUT2D eigenvalue weighted by Gasteiger charge is 2.09. The van der Waals surface area contributed by atoms with Gasteiger partial charge in [0.25, 0.3) is 0 Å². The van der Waals surface area contributed by atoms with E-state index < -0.39 is 0 Å². The van der Waals surface area contributed by atoms with Crippen molar-refractivity contribution in [2.45, 2.75) is 19.3 Å². The maximum absolute atomic E-state index is 3.28. The van der Waals surface area contributed by atoms with Gasteiger partial charge in [-0.2, -0.15) is 0 Å². The van der Waals surface area contributed by atoms with Crippen molar-refractivity contribution in [2.75, 3.05) is 25.0 Å². The molecule has 1 aliphatic rings. The average Bonchev–Trinajstić information content (AvgIpc) is 2.50. The molecule has 0 aromatic carbocycles. The quantitative estimate of drug-likeness (QED) is 0.503. The third-order valence-electron chi connectivity index (χ3n) is 1.94. The number of nitrogens with zero attached hydrogens (tertiary/aromatic N) is 1. The van der Waals surface area contributed by atoms with E-state index in [-0.39, 0.29) is 0 Å². The highest BCUT2D eigenvalue weighted by molar-refractivity contribution is 9.09. The Hall–Kier alpha value is 0.00000000000000000694. The molecule has 0 spiro atoms. The normalized spacial score (nSPS) is 17.9. The van der Waals surface area contributed by atoms with Crippen molar-refractivity contribution in [1.82, 2.24) is 4.90 Å². The molecule has 1 aliphatic heterocycles. The number of hydrogen-bond donors (Lipinski definition) is 0. The van der Waals surface area contributed by atoms with Gasteiger partial charge in [0.15, 0.2) is 0 Å². The molecule has 1 rings (SSSR count). The van der Waals surface area contributed by atoms with Crippen molar-refractivity contribution in [1.29, 1.82) is 0 Å². The van der Waals surface area contributed by atoms with Crippen LogP contribution in [0.1, 0.15) is 19.3 Å². The lowest BCUT2D eigenvalue weighted by Gasteiger charge is -2.10. The Bertz CT molecular complexity index is 151. The molecule has 0 aromatic heterocycles. The lowest BCUT2D eigenvalue weighted by atomic mass is 10.4. The first kappa shape index (κ1) is 9.09. The Morgan fingerprint density at radius 3 is 2.55 bits per heavy atom. The van der Waals surface area contributed by atoms with Gasteiger partial charge in [0.1, 0.15) is 0 Å². The van der Waals surface area contributed by atoms with E-state index in [1.807, 2.05) is 0 Å². The van der Waals surface area contributed by atoms with Gasteiger partial charge in [0, 0.05) is 13.0 Å². The van der Waals surface area contributed by atoms with Gasteiger partial charge >= 0.3 is 0 Å². The summed E-state index contributed by atoms with van der Waals surface area (Å²) in [6.45, 7) is 3.74. The van der Waals surface area contributed by atoms with E-state index in [2.05, 4.69) is 32.7 Å². The zero-order valence-electron chi connectivity index (χ0n) is 6.77. The summed E-state index contributed by atoms with van der Waals surface area (Å²) in [6, 6.07) is 0. The highest BCUT2D eigenvalue weighted by Crippen LogP contribution is 2.06. The summed E-state index contributed by atoms with van der Waals surface area (Å²) >= 11 is 3.28. The standard InChI is InChI=1S/C9H14BrN/c10-6-2-1-3-7-11-8-4-5-9-11/h3-9H2. The fourth-order valence-electron chi connectivity index (χ4n) is 1.36. The molecule has 1 fully saturated rings. The fraction of sp³-hybridized carbons (Fsp3) is 0.778. The zero-order valence-corrected chi connectivity index (χ0v) is 8.36. The largest absolute Gasteiger partial charge is 0.302 e. The van der Waals surface area contributed by atoms with Gasteiger partial charge in [-0.15, -0.1) is 5.92 Å². The lowest BCUT2D eigenvalue weighted by molar-refractivity contribution is 0.348. The molecule has 0 atom stereocenters. The third kappa shape index (κ3) is 3.79. The summed E-state index contributed by atoms with van der Waals surface area (Å²) in [5, 5.41) is 0.812. The smallest absolute Gasteiger partial charge is 0.0645 e. The number of halogens is 1. The van der Waals surface area contributed by atoms with Crippen LogP contribution in [0.3, 0.4) is 0 Å². The number of rotatable bonds is 2. The van der Waals surface area contributed by atoms with E-state index in [0.29, 0.717) is 0 Å². The molecular formula is C9H14BrN. The van der Waals surface area contributed by atoms with Gasteiger partial charge < -0.3 is 4.90 Å². The predicted molar refractivity (Wildman–Crippen MR) is 51.9 cm³/mol.